The van der Waals surface area contributed by atoms with Crippen LogP contribution >= 0.6 is 11.6 Å². The number of aryl methyl sites for hydroxylation is 1. The monoisotopic (exact) mass is 701 g/mol. The number of rotatable bonds is 3. The Morgan fingerprint density at radius 3 is 2.58 bits per heavy atom. The number of likely N-dealkylation sites (N-methyl/N-ethyl adjacent to an activating group) is 1. The predicted molar refractivity (Wildman–Crippen MR) is 189 cm³/mol. The zero-order chi connectivity index (χ0) is 34.0. The van der Waals surface area contributed by atoms with Crippen LogP contribution in [0.25, 0.3) is 0 Å². The predicted octanol–water partition coefficient (Wildman–Crippen LogP) is 6.28. The molecule has 48 heavy (non-hydrogen) atoms. The summed E-state index contributed by atoms with van der Waals surface area (Å²) in [5.74, 6) is 1.04. The third kappa shape index (κ3) is 8.15. The van der Waals surface area contributed by atoms with E-state index in [-0.39, 0.29) is 24.2 Å². The maximum absolute atomic E-state index is 13.5. The molecule has 2 fully saturated rings. The van der Waals surface area contributed by atoms with Gasteiger partial charge >= 0.3 is 0 Å². The highest BCUT2D eigenvalue weighted by Gasteiger charge is 2.45. The van der Waals surface area contributed by atoms with E-state index >= 15 is 0 Å². The largest absolute Gasteiger partial charge is 0.487 e. The molecule has 2 aromatic carbocycles. The molecule has 0 spiro atoms. The summed E-state index contributed by atoms with van der Waals surface area (Å²) in [6, 6.07) is 11.3. The quantitative estimate of drug-likeness (QED) is 0.400. The molecule has 1 saturated heterocycles. The number of nitrogens with one attached hydrogen (secondary N) is 1. The average Bonchev–Trinajstić information content (AvgIpc) is 3.48. The van der Waals surface area contributed by atoms with Gasteiger partial charge in [-0.2, -0.15) is 0 Å². The van der Waals surface area contributed by atoms with Crippen LogP contribution in [0.15, 0.2) is 36.4 Å². The standard InChI is InChI=1S/C37H52ClN3O6S/c1-24-8-7-10-33(37-46-23-31(47-37)21-40(3)4)32-15-12-28(32)20-41-17-6-5-9-26-18-30(38)14-11-29(26)22-45-35-16-13-27(19-34(35)41)36(42)39-48(43,44)25(24)2/h11,13-14,16,18-19,24-25,28,31-33,37H,5-10,12,15,17,20-23H2,1-4H3,(H,39,42)/t24-,25+,28-,31-,32+,33-,37-/m0/s1. The van der Waals surface area contributed by atoms with Crippen molar-refractivity contribution < 1.29 is 27.4 Å². The van der Waals surface area contributed by atoms with Crippen LogP contribution in [0.1, 0.15) is 80.3 Å². The second kappa shape index (κ2) is 15.3. The van der Waals surface area contributed by atoms with Gasteiger partial charge in [-0.15, -0.1) is 0 Å². The second-order valence-corrected chi connectivity index (χ2v) is 17.2. The molecule has 1 saturated carbocycles. The van der Waals surface area contributed by atoms with Gasteiger partial charge in [0, 0.05) is 36.1 Å². The third-order valence-corrected chi connectivity index (χ3v) is 13.3. The molecular formula is C37H52ClN3O6S. The number of ether oxygens (including phenoxy) is 3. The minimum absolute atomic E-state index is 0.0454. The van der Waals surface area contributed by atoms with Gasteiger partial charge in [0.15, 0.2) is 6.29 Å². The third-order valence-electron chi connectivity index (χ3n) is 11.1. The first-order valence-electron chi connectivity index (χ1n) is 17.8. The van der Waals surface area contributed by atoms with Gasteiger partial charge in [0.05, 0.1) is 23.6 Å². The van der Waals surface area contributed by atoms with Crippen molar-refractivity contribution in [2.75, 3.05) is 45.2 Å². The Morgan fingerprint density at radius 2 is 1.81 bits per heavy atom. The van der Waals surface area contributed by atoms with Crippen LogP contribution in [0.5, 0.6) is 5.75 Å². The molecule has 1 aliphatic carbocycles. The summed E-state index contributed by atoms with van der Waals surface area (Å²) in [5.41, 5.74) is 3.42. The lowest BCUT2D eigenvalue weighted by Crippen LogP contribution is -2.45. The van der Waals surface area contributed by atoms with Crippen LogP contribution < -0.4 is 14.4 Å². The molecule has 0 radical (unpaired) electrons. The van der Waals surface area contributed by atoms with Crippen molar-refractivity contribution in [2.24, 2.45) is 23.7 Å². The Labute approximate surface area is 291 Å². The molecule has 1 N–H and O–H groups in total. The van der Waals surface area contributed by atoms with Gasteiger partial charge in [-0.05, 0) is 125 Å². The first kappa shape index (κ1) is 35.5. The van der Waals surface area contributed by atoms with Crippen molar-refractivity contribution >= 4 is 33.2 Å². The smallest absolute Gasteiger partial charge is 0.264 e. The van der Waals surface area contributed by atoms with Crippen molar-refractivity contribution in [3.05, 3.63) is 58.1 Å². The molecule has 3 aliphatic heterocycles. The maximum atomic E-state index is 13.5. The Morgan fingerprint density at radius 1 is 0.979 bits per heavy atom. The van der Waals surface area contributed by atoms with E-state index in [1.54, 1.807) is 13.0 Å². The molecule has 0 aromatic heterocycles. The molecule has 0 unspecified atom stereocenters. The summed E-state index contributed by atoms with van der Waals surface area (Å²) in [4.78, 5) is 18.0. The first-order valence-corrected chi connectivity index (χ1v) is 19.7. The number of anilines is 1. The number of amides is 1. The zero-order valence-corrected chi connectivity index (χ0v) is 30.4. The van der Waals surface area contributed by atoms with Gasteiger partial charge in [0.2, 0.25) is 10.0 Å². The molecule has 2 aromatic rings. The second-order valence-electron chi connectivity index (χ2n) is 14.8. The van der Waals surface area contributed by atoms with Crippen LogP contribution in [0.3, 0.4) is 0 Å². The number of hydrogen-bond donors (Lipinski definition) is 1. The highest BCUT2D eigenvalue weighted by Crippen LogP contribution is 2.47. The van der Waals surface area contributed by atoms with Crippen LogP contribution in [-0.4, -0.2) is 77.2 Å². The average molecular weight is 702 g/mol. The maximum Gasteiger partial charge on any atom is 0.264 e. The van der Waals surface area contributed by atoms with Crippen LogP contribution in [-0.2, 0) is 32.5 Å². The molecule has 4 aliphatic rings. The minimum Gasteiger partial charge on any atom is -0.487 e. The van der Waals surface area contributed by atoms with E-state index in [0.717, 1.165) is 87.3 Å². The lowest BCUT2D eigenvalue weighted by molar-refractivity contribution is -0.134. The van der Waals surface area contributed by atoms with E-state index in [9.17, 15) is 13.2 Å². The van der Waals surface area contributed by atoms with E-state index in [1.165, 1.54) is 5.56 Å². The highest BCUT2D eigenvalue weighted by molar-refractivity contribution is 7.90. The normalized spacial score (nSPS) is 31.4. The van der Waals surface area contributed by atoms with E-state index in [1.807, 2.05) is 37.3 Å². The molecule has 2 bridgehead atoms. The first-order chi connectivity index (χ1) is 23.0. The highest BCUT2D eigenvalue weighted by atomic mass is 35.5. The summed E-state index contributed by atoms with van der Waals surface area (Å²) < 4.78 is 48.7. The molecule has 6 rings (SSSR count). The molecule has 9 nitrogen and oxygen atoms in total. The number of nitrogens with zero attached hydrogens (tertiary/aromatic N) is 2. The van der Waals surface area contributed by atoms with Crippen molar-refractivity contribution in [3.63, 3.8) is 0 Å². The SMILES string of the molecule is C[C@@H]1[C@@H](C)CCC[C@H]([C@H]2OC[C@H](CN(C)C)O2)[C@@H]2CC[C@H]2CN2CCCCc3cc(Cl)ccc3COc3ccc(cc32)C(=O)NS1(=O)=O. The molecule has 1 amide bonds. The molecule has 3 heterocycles. The van der Waals surface area contributed by atoms with Gasteiger partial charge in [0.1, 0.15) is 12.4 Å². The van der Waals surface area contributed by atoms with E-state index < -0.39 is 21.2 Å². The zero-order valence-electron chi connectivity index (χ0n) is 28.8. The fourth-order valence-corrected chi connectivity index (χ4v) is 9.50. The number of hydrogen-bond acceptors (Lipinski definition) is 8. The Bertz CT molecular complexity index is 1550. The lowest BCUT2D eigenvalue weighted by Gasteiger charge is -2.46. The molecular weight excluding hydrogens is 650 g/mol. The van der Waals surface area contributed by atoms with Gasteiger partial charge in [-0.3, -0.25) is 4.79 Å². The summed E-state index contributed by atoms with van der Waals surface area (Å²) in [6.07, 6.45) is 7.40. The number of halogens is 1. The van der Waals surface area contributed by atoms with Gasteiger partial charge < -0.3 is 24.0 Å². The Kier molecular flexibility index (Phi) is 11.3. The number of fused-ring (bicyclic) bond motifs is 3. The molecule has 7 atom stereocenters. The summed E-state index contributed by atoms with van der Waals surface area (Å²) >= 11 is 6.37. The fraction of sp³-hybridized carbons (Fsp3) is 0.649. The van der Waals surface area contributed by atoms with E-state index in [4.69, 9.17) is 25.8 Å². The summed E-state index contributed by atoms with van der Waals surface area (Å²) in [6.45, 7) is 7.07. The topological polar surface area (TPSA) is 97.4 Å². The van der Waals surface area contributed by atoms with Crippen molar-refractivity contribution in [3.8, 4) is 5.75 Å². The van der Waals surface area contributed by atoms with Crippen LogP contribution in [0.4, 0.5) is 5.69 Å². The fourth-order valence-electron chi connectivity index (χ4n) is 7.99. The number of sulfonamides is 1. The van der Waals surface area contributed by atoms with Crippen molar-refractivity contribution in [1.82, 2.24) is 9.62 Å². The minimum atomic E-state index is -3.90. The summed E-state index contributed by atoms with van der Waals surface area (Å²) in [7, 11) is 0.210. The number of carbonyl (C=O) groups excluding carboxylic acids is 1. The number of carbonyl (C=O) groups is 1. The Balaban J connectivity index is 1.35. The lowest BCUT2D eigenvalue weighted by atomic mass is 9.65. The van der Waals surface area contributed by atoms with Gasteiger partial charge in [0.25, 0.3) is 5.91 Å². The van der Waals surface area contributed by atoms with Gasteiger partial charge in [-0.1, -0.05) is 31.0 Å². The van der Waals surface area contributed by atoms with Gasteiger partial charge in [-0.25, -0.2) is 13.1 Å². The van der Waals surface area contributed by atoms with Crippen molar-refractivity contribution in [2.45, 2.75) is 89.5 Å². The van der Waals surface area contributed by atoms with E-state index in [2.05, 4.69) is 28.6 Å². The molecule has 264 valence electrons. The van der Waals surface area contributed by atoms with Crippen LogP contribution in [0, 0.1) is 23.7 Å². The Hall–Kier alpha value is -2.37. The summed E-state index contributed by atoms with van der Waals surface area (Å²) in [5, 5.41) is -0.000716. The van der Waals surface area contributed by atoms with Crippen molar-refractivity contribution in [1.29, 1.82) is 0 Å². The van der Waals surface area contributed by atoms with Crippen LogP contribution in [0.2, 0.25) is 5.02 Å². The molecule has 11 heteroatoms. The number of benzene rings is 2. The van der Waals surface area contributed by atoms with E-state index in [0.29, 0.717) is 36.4 Å².